The number of ether oxygens (including phenoxy) is 2. The zero-order valence-corrected chi connectivity index (χ0v) is 11.5. The van der Waals surface area contributed by atoms with Gasteiger partial charge < -0.3 is 14.6 Å². The molecule has 0 fully saturated rings. The molecule has 0 amide bonds. The van der Waals surface area contributed by atoms with E-state index in [0.717, 1.165) is 11.1 Å². The predicted octanol–water partition coefficient (Wildman–Crippen LogP) is 3.47. The van der Waals surface area contributed by atoms with Gasteiger partial charge in [0, 0.05) is 0 Å². The Morgan fingerprint density at radius 1 is 1.15 bits per heavy atom. The Kier molecular flexibility index (Phi) is 4.58. The highest BCUT2D eigenvalue weighted by molar-refractivity contribution is 5.31. The van der Waals surface area contributed by atoms with Crippen molar-refractivity contribution >= 4 is 0 Å². The molecule has 2 aromatic carbocycles. The molecule has 0 radical (unpaired) electrons. The van der Waals surface area contributed by atoms with E-state index < -0.39 is 11.9 Å². The van der Waals surface area contributed by atoms with Gasteiger partial charge in [-0.25, -0.2) is 4.39 Å². The lowest BCUT2D eigenvalue weighted by Crippen LogP contribution is -1.98. The van der Waals surface area contributed by atoms with Crippen molar-refractivity contribution in [2.24, 2.45) is 0 Å². The number of rotatable bonds is 5. The SMILES string of the molecule is COc1ccc(COc2ccc([C@H](C)O)cc2)cc1F. The lowest BCUT2D eigenvalue weighted by Gasteiger charge is -2.09. The van der Waals surface area contributed by atoms with Crippen molar-refractivity contribution in [3.63, 3.8) is 0 Å². The predicted molar refractivity (Wildman–Crippen MR) is 74.4 cm³/mol. The molecule has 2 rings (SSSR count). The maximum Gasteiger partial charge on any atom is 0.165 e. The fourth-order valence-electron chi connectivity index (χ4n) is 1.81. The second kappa shape index (κ2) is 6.39. The molecule has 0 heterocycles. The molecule has 1 atom stereocenters. The number of hydrogen-bond acceptors (Lipinski definition) is 3. The molecule has 0 saturated carbocycles. The van der Waals surface area contributed by atoms with E-state index in [1.54, 1.807) is 43.3 Å². The van der Waals surface area contributed by atoms with Crippen LogP contribution in [0.4, 0.5) is 4.39 Å². The highest BCUT2D eigenvalue weighted by atomic mass is 19.1. The minimum Gasteiger partial charge on any atom is -0.494 e. The summed E-state index contributed by atoms with van der Waals surface area (Å²) in [7, 11) is 1.43. The number of methoxy groups -OCH3 is 1. The molecule has 106 valence electrons. The van der Waals surface area contributed by atoms with Crippen molar-refractivity contribution in [3.05, 3.63) is 59.4 Å². The number of halogens is 1. The first kappa shape index (κ1) is 14.3. The summed E-state index contributed by atoms with van der Waals surface area (Å²) in [6, 6.07) is 11.9. The van der Waals surface area contributed by atoms with Gasteiger partial charge in [0.2, 0.25) is 0 Å². The summed E-state index contributed by atoms with van der Waals surface area (Å²) in [5, 5.41) is 9.41. The lowest BCUT2D eigenvalue weighted by molar-refractivity contribution is 0.199. The van der Waals surface area contributed by atoms with Crippen LogP contribution in [-0.2, 0) is 6.61 Å². The maximum atomic E-state index is 13.5. The van der Waals surface area contributed by atoms with Gasteiger partial charge in [0.15, 0.2) is 11.6 Å². The Hall–Kier alpha value is -2.07. The fourth-order valence-corrected chi connectivity index (χ4v) is 1.81. The molecule has 0 unspecified atom stereocenters. The summed E-state index contributed by atoms with van der Waals surface area (Å²) in [4.78, 5) is 0. The number of hydrogen-bond donors (Lipinski definition) is 1. The third-order valence-corrected chi connectivity index (χ3v) is 2.98. The van der Waals surface area contributed by atoms with Crippen molar-refractivity contribution in [2.45, 2.75) is 19.6 Å². The standard InChI is InChI=1S/C16H17FO3/c1-11(18)13-4-6-14(7-5-13)20-10-12-3-8-16(19-2)15(17)9-12/h3-9,11,18H,10H2,1-2H3/t11-/m0/s1. The average Bonchev–Trinajstić information content (AvgIpc) is 2.45. The Balaban J connectivity index is 1.99. The second-order valence-electron chi connectivity index (χ2n) is 4.50. The van der Waals surface area contributed by atoms with Crippen LogP contribution in [0.15, 0.2) is 42.5 Å². The quantitative estimate of drug-likeness (QED) is 0.908. The molecule has 0 bridgehead atoms. The van der Waals surface area contributed by atoms with E-state index in [2.05, 4.69) is 0 Å². The van der Waals surface area contributed by atoms with E-state index in [-0.39, 0.29) is 12.4 Å². The molecule has 3 nitrogen and oxygen atoms in total. The van der Waals surface area contributed by atoms with Crippen LogP contribution in [0, 0.1) is 5.82 Å². The van der Waals surface area contributed by atoms with Crippen LogP contribution < -0.4 is 9.47 Å². The molecule has 0 spiro atoms. The minimum atomic E-state index is -0.500. The third-order valence-electron chi connectivity index (χ3n) is 2.98. The van der Waals surface area contributed by atoms with Crippen molar-refractivity contribution in [3.8, 4) is 11.5 Å². The van der Waals surface area contributed by atoms with Gasteiger partial charge in [-0.3, -0.25) is 0 Å². The highest BCUT2D eigenvalue weighted by Gasteiger charge is 2.05. The van der Waals surface area contributed by atoms with Gasteiger partial charge in [-0.05, 0) is 42.3 Å². The van der Waals surface area contributed by atoms with Crippen molar-refractivity contribution in [2.75, 3.05) is 7.11 Å². The lowest BCUT2D eigenvalue weighted by atomic mass is 10.1. The number of aliphatic hydroxyl groups is 1. The molecule has 0 saturated heterocycles. The van der Waals surface area contributed by atoms with Gasteiger partial charge in [-0.2, -0.15) is 0 Å². The number of aliphatic hydroxyl groups excluding tert-OH is 1. The molecule has 0 aliphatic rings. The second-order valence-corrected chi connectivity index (χ2v) is 4.50. The van der Waals surface area contributed by atoms with Crippen LogP contribution in [0.3, 0.4) is 0 Å². The highest BCUT2D eigenvalue weighted by Crippen LogP contribution is 2.21. The van der Waals surface area contributed by atoms with E-state index in [9.17, 15) is 9.50 Å². The fraction of sp³-hybridized carbons (Fsp3) is 0.250. The summed E-state index contributed by atoms with van der Waals surface area (Å²) >= 11 is 0. The first-order chi connectivity index (χ1) is 9.60. The Morgan fingerprint density at radius 2 is 1.85 bits per heavy atom. The summed E-state index contributed by atoms with van der Waals surface area (Å²) in [5.41, 5.74) is 1.55. The third kappa shape index (κ3) is 3.48. The number of benzene rings is 2. The molecular weight excluding hydrogens is 259 g/mol. The van der Waals surface area contributed by atoms with Gasteiger partial charge >= 0.3 is 0 Å². The van der Waals surface area contributed by atoms with Crippen molar-refractivity contribution < 1.29 is 19.0 Å². The first-order valence-electron chi connectivity index (χ1n) is 6.33. The largest absolute Gasteiger partial charge is 0.494 e. The van der Waals surface area contributed by atoms with E-state index >= 15 is 0 Å². The molecule has 1 N–H and O–H groups in total. The molecule has 0 aliphatic carbocycles. The average molecular weight is 276 g/mol. The van der Waals surface area contributed by atoms with Crippen LogP contribution in [0.1, 0.15) is 24.2 Å². The summed E-state index contributed by atoms with van der Waals surface area (Å²) in [5.74, 6) is 0.485. The van der Waals surface area contributed by atoms with Crippen LogP contribution in [-0.4, -0.2) is 12.2 Å². The molecular formula is C16H17FO3. The topological polar surface area (TPSA) is 38.7 Å². The van der Waals surface area contributed by atoms with Crippen LogP contribution in [0.5, 0.6) is 11.5 Å². The van der Waals surface area contributed by atoms with Gasteiger partial charge in [0.05, 0.1) is 13.2 Å². The van der Waals surface area contributed by atoms with E-state index in [1.165, 1.54) is 13.2 Å². The normalized spacial score (nSPS) is 12.0. The Morgan fingerprint density at radius 3 is 2.40 bits per heavy atom. The zero-order valence-electron chi connectivity index (χ0n) is 11.5. The van der Waals surface area contributed by atoms with Crippen molar-refractivity contribution in [1.29, 1.82) is 0 Å². The van der Waals surface area contributed by atoms with Crippen LogP contribution in [0.2, 0.25) is 0 Å². The monoisotopic (exact) mass is 276 g/mol. The maximum absolute atomic E-state index is 13.5. The van der Waals surface area contributed by atoms with E-state index in [4.69, 9.17) is 9.47 Å². The van der Waals surface area contributed by atoms with Gasteiger partial charge in [0.25, 0.3) is 0 Å². The molecule has 2 aromatic rings. The van der Waals surface area contributed by atoms with E-state index in [0.29, 0.717) is 5.75 Å². The van der Waals surface area contributed by atoms with Gasteiger partial charge in [-0.15, -0.1) is 0 Å². The molecule has 4 heteroatoms. The van der Waals surface area contributed by atoms with Gasteiger partial charge in [-0.1, -0.05) is 18.2 Å². The van der Waals surface area contributed by atoms with Crippen molar-refractivity contribution in [1.82, 2.24) is 0 Å². The molecule has 0 aromatic heterocycles. The Bertz CT molecular complexity index is 564. The smallest absolute Gasteiger partial charge is 0.165 e. The molecule has 0 aliphatic heterocycles. The summed E-state index contributed by atoms with van der Waals surface area (Å²) < 4.78 is 23.9. The summed E-state index contributed by atoms with van der Waals surface area (Å²) in [6.45, 7) is 1.98. The van der Waals surface area contributed by atoms with E-state index in [1.807, 2.05) is 0 Å². The van der Waals surface area contributed by atoms with Crippen LogP contribution >= 0.6 is 0 Å². The Labute approximate surface area is 117 Å². The van der Waals surface area contributed by atoms with Crippen LogP contribution in [0.25, 0.3) is 0 Å². The summed E-state index contributed by atoms with van der Waals surface area (Å²) in [6.07, 6.45) is -0.500. The zero-order chi connectivity index (χ0) is 14.5. The van der Waals surface area contributed by atoms with Gasteiger partial charge in [0.1, 0.15) is 12.4 Å². The molecule has 20 heavy (non-hydrogen) atoms. The first-order valence-corrected chi connectivity index (χ1v) is 6.33. The minimum absolute atomic E-state index is 0.218.